The number of amides is 2. The number of hydrogen-bond donors (Lipinski definition) is 0. The summed E-state index contributed by atoms with van der Waals surface area (Å²) in [6, 6.07) is 11.0. The van der Waals surface area contributed by atoms with Crippen molar-refractivity contribution in [1.29, 1.82) is 0 Å². The summed E-state index contributed by atoms with van der Waals surface area (Å²) in [6.45, 7) is 3.86. The van der Waals surface area contributed by atoms with Crippen LogP contribution in [0, 0.1) is 13.8 Å². The fourth-order valence-electron chi connectivity index (χ4n) is 3.33. The van der Waals surface area contributed by atoms with Crippen molar-refractivity contribution in [1.82, 2.24) is 0 Å². The minimum atomic E-state index is -0.827. The first-order chi connectivity index (χ1) is 12.0. The average Bonchev–Trinajstić information content (AvgIpc) is 3.07. The molecule has 0 N–H and O–H groups in total. The molecule has 25 heavy (non-hydrogen) atoms. The van der Waals surface area contributed by atoms with Crippen LogP contribution in [0.3, 0.4) is 0 Å². The maximum absolute atomic E-state index is 13.0. The van der Waals surface area contributed by atoms with Crippen LogP contribution in [0.15, 0.2) is 52.8 Å². The van der Waals surface area contributed by atoms with Gasteiger partial charge >= 0.3 is 0 Å². The van der Waals surface area contributed by atoms with Gasteiger partial charge in [0.05, 0.1) is 11.4 Å². The van der Waals surface area contributed by atoms with Gasteiger partial charge in [0.25, 0.3) is 11.8 Å². The van der Waals surface area contributed by atoms with Crippen LogP contribution in [-0.4, -0.2) is 23.9 Å². The molecule has 2 aliphatic heterocycles. The summed E-state index contributed by atoms with van der Waals surface area (Å²) in [4.78, 5) is 27.0. The monoisotopic (exact) mass is 354 g/mol. The molecule has 2 aromatic carbocycles. The van der Waals surface area contributed by atoms with Crippen LogP contribution < -0.4 is 9.91 Å². The lowest BCUT2D eigenvalue weighted by molar-refractivity contribution is -0.121. The van der Waals surface area contributed by atoms with Crippen LogP contribution in [0.2, 0.25) is 5.02 Å². The third-order valence-electron chi connectivity index (χ3n) is 4.32. The lowest BCUT2D eigenvalue weighted by atomic mass is 10.1. The van der Waals surface area contributed by atoms with E-state index in [1.54, 1.807) is 24.3 Å². The maximum atomic E-state index is 13.0. The number of carbonyl (C=O) groups excluding carboxylic acids is 2. The second-order valence-corrected chi connectivity index (χ2v) is 6.71. The molecule has 1 fully saturated rings. The van der Waals surface area contributed by atoms with E-state index in [9.17, 15) is 9.59 Å². The number of hydrogen-bond acceptors (Lipinski definition) is 5. The van der Waals surface area contributed by atoms with Gasteiger partial charge in [-0.25, -0.2) is 9.91 Å². The molecule has 2 aromatic rings. The topological polar surface area (TPSA) is 65.3 Å². The van der Waals surface area contributed by atoms with Crippen molar-refractivity contribution in [2.75, 3.05) is 9.91 Å². The van der Waals surface area contributed by atoms with Crippen molar-refractivity contribution in [2.24, 2.45) is 10.3 Å². The highest BCUT2D eigenvalue weighted by Crippen LogP contribution is 2.35. The molecule has 0 spiro atoms. The highest BCUT2D eigenvalue weighted by atomic mass is 35.5. The van der Waals surface area contributed by atoms with Crippen molar-refractivity contribution in [3.63, 3.8) is 0 Å². The Kier molecular flexibility index (Phi) is 3.58. The number of aryl methyl sites for hydroxylation is 2. The number of nitrogens with zero attached hydrogens (tertiary/aromatic N) is 4. The number of halogens is 1. The minimum Gasteiger partial charge on any atom is -0.271 e. The number of carbonyl (C=O) groups is 2. The molecule has 126 valence electrons. The molecule has 0 radical (unpaired) electrons. The highest BCUT2D eigenvalue weighted by Gasteiger charge is 2.55. The Morgan fingerprint density at radius 3 is 2.36 bits per heavy atom. The van der Waals surface area contributed by atoms with Crippen LogP contribution in [-0.2, 0) is 9.59 Å². The number of fused-ring (bicyclic) bond motifs is 1. The first kappa shape index (κ1) is 15.8. The summed E-state index contributed by atoms with van der Waals surface area (Å²) in [6.07, 6.45) is 0. The first-order valence-corrected chi connectivity index (χ1v) is 8.25. The van der Waals surface area contributed by atoms with Crippen LogP contribution in [0.25, 0.3) is 0 Å². The van der Waals surface area contributed by atoms with E-state index >= 15 is 0 Å². The summed E-state index contributed by atoms with van der Waals surface area (Å²) < 4.78 is 0. The normalized spacial score (nSPS) is 22.0. The van der Waals surface area contributed by atoms with Gasteiger partial charge in [0.1, 0.15) is 0 Å². The Bertz CT molecular complexity index is 907. The van der Waals surface area contributed by atoms with Gasteiger partial charge in [-0.3, -0.25) is 9.59 Å². The summed E-state index contributed by atoms with van der Waals surface area (Å²) >= 11 is 6.03. The standard InChI is InChI=1S/C18H15ClN4O2/c1-10-6-11(2)8-14(7-10)22-17(24)15-16(18(22)25)23(21-20-15)13-5-3-4-12(19)9-13/h3-9,15-16H,1-2H3/t15-,16-/m0/s1. The van der Waals surface area contributed by atoms with E-state index in [2.05, 4.69) is 10.3 Å². The Labute approximate surface area is 149 Å². The molecule has 0 saturated carbocycles. The quantitative estimate of drug-likeness (QED) is 0.776. The molecule has 2 atom stereocenters. The van der Waals surface area contributed by atoms with Gasteiger partial charge in [-0.15, -0.1) is 0 Å². The molecule has 0 unspecified atom stereocenters. The number of benzene rings is 2. The third kappa shape index (κ3) is 2.49. The second-order valence-electron chi connectivity index (χ2n) is 6.28. The van der Waals surface area contributed by atoms with Gasteiger partial charge in [-0.2, -0.15) is 5.11 Å². The third-order valence-corrected chi connectivity index (χ3v) is 4.55. The summed E-state index contributed by atoms with van der Waals surface area (Å²) in [7, 11) is 0. The van der Waals surface area contributed by atoms with Gasteiger partial charge in [0.15, 0.2) is 12.1 Å². The fraction of sp³-hybridized carbons (Fsp3) is 0.222. The van der Waals surface area contributed by atoms with E-state index in [0.29, 0.717) is 16.4 Å². The highest BCUT2D eigenvalue weighted by molar-refractivity contribution is 6.31. The Balaban J connectivity index is 1.73. The molecule has 2 heterocycles. The molecule has 0 aliphatic carbocycles. The summed E-state index contributed by atoms with van der Waals surface area (Å²) in [5.74, 6) is -0.682. The maximum Gasteiger partial charge on any atom is 0.263 e. The molecular formula is C18H15ClN4O2. The predicted molar refractivity (Wildman–Crippen MR) is 94.8 cm³/mol. The van der Waals surface area contributed by atoms with Gasteiger partial charge in [0, 0.05) is 5.02 Å². The lowest BCUT2D eigenvalue weighted by Crippen LogP contribution is -2.39. The lowest BCUT2D eigenvalue weighted by Gasteiger charge is -2.21. The molecule has 7 heteroatoms. The van der Waals surface area contributed by atoms with Crippen LogP contribution in [0.5, 0.6) is 0 Å². The molecule has 2 aliphatic rings. The molecule has 2 amide bonds. The number of imide groups is 1. The van der Waals surface area contributed by atoms with Crippen LogP contribution >= 0.6 is 11.6 Å². The van der Waals surface area contributed by atoms with Crippen LogP contribution in [0.1, 0.15) is 11.1 Å². The van der Waals surface area contributed by atoms with Crippen molar-refractivity contribution < 1.29 is 9.59 Å². The van der Waals surface area contributed by atoms with Crippen molar-refractivity contribution in [3.05, 3.63) is 58.6 Å². The van der Waals surface area contributed by atoms with Gasteiger partial charge in [0.2, 0.25) is 0 Å². The molecular weight excluding hydrogens is 340 g/mol. The average molecular weight is 355 g/mol. The molecule has 0 aromatic heterocycles. The smallest absolute Gasteiger partial charge is 0.263 e. The zero-order valence-corrected chi connectivity index (χ0v) is 14.4. The van der Waals surface area contributed by atoms with Crippen molar-refractivity contribution >= 4 is 34.8 Å². The number of anilines is 2. The van der Waals surface area contributed by atoms with E-state index in [-0.39, 0.29) is 11.8 Å². The summed E-state index contributed by atoms with van der Waals surface area (Å²) in [5, 5.41) is 10.1. The van der Waals surface area contributed by atoms with E-state index < -0.39 is 12.1 Å². The molecule has 1 saturated heterocycles. The van der Waals surface area contributed by atoms with Crippen molar-refractivity contribution in [2.45, 2.75) is 25.9 Å². The molecule has 0 bridgehead atoms. The Morgan fingerprint density at radius 2 is 1.68 bits per heavy atom. The van der Waals surface area contributed by atoms with E-state index in [0.717, 1.165) is 11.1 Å². The van der Waals surface area contributed by atoms with E-state index in [1.165, 1.54) is 9.91 Å². The van der Waals surface area contributed by atoms with E-state index in [1.807, 2.05) is 32.0 Å². The van der Waals surface area contributed by atoms with E-state index in [4.69, 9.17) is 11.6 Å². The number of rotatable bonds is 2. The predicted octanol–water partition coefficient (Wildman–Crippen LogP) is 3.45. The molecule has 4 rings (SSSR count). The van der Waals surface area contributed by atoms with Crippen molar-refractivity contribution in [3.8, 4) is 0 Å². The minimum absolute atomic E-state index is 0.329. The largest absolute Gasteiger partial charge is 0.271 e. The van der Waals surface area contributed by atoms with Gasteiger partial charge in [-0.1, -0.05) is 29.0 Å². The fourth-order valence-corrected chi connectivity index (χ4v) is 3.51. The van der Waals surface area contributed by atoms with Gasteiger partial charge in [-0.05, 0) is 55.3 Å². The Hall–Kier alpha value is -2.73. The summed E-state index contributed by atoms with van der Waals surface area (Å²) in [5.41, 5.74) is 3.18. The Morgan fingerprint density at radius 1 is 0.960 bits per heavy atom. The van der Waals surface area contributed by atoms with Crippen LogP contribution in [0.4, 0.5) is 11.4 Å². The second kappa shape index (κ2) is 5.67. The zero-order valence-electron chi connectivity index (χ0n) is 13.7. The SMILES string of the molecule is Cc1cc(C)cc(N2C(=O)[C@H]3N=NN(c4cccc(Cl)c4)[C@@H]3C2=O)c1. The van der Waals surface area contributed by atoms with Gasteiger partial charge < -0.3 is 0 Å². The molecule has 6 nitrogen and oxygen atoms in total. The first-order valence-electron chi connectivity index (χ1n) is 7.87. The zero-order chi connectivity index (χ0) is 17.7.